The maximum atomic E-state index is 10.6. The van der Waals surface area contributed by atoms with E-state index in [0.717, 1.165) is 44.9 Å². The Morgan fingerprint density at radius 3 is 2.84 bits per heavy atom. The van der Waals surface area contributed by atoms with E-state index in [1.54, 1.807) is 0 Å². The molecule has 0 aromatic heterocycles. The first-order valence-electron chi connectivity index (χ1n) is 9.80. The Morgan fingerprint density at radius 1 is 1.32 bits per heavy atom. The number of fused-ring (bicyclic) bond motifs is 1. The van der Waals surface area contributed by atoms with E-state index in [2.05, 4.69) is 24.8 Å². The molecule has 0 amide bonds. The second-order valence-electron chi connectivity index (χ2n) is 7.51. The normalized spacial score (nSPS) is 30.8. The lowest BCUT2D eigenvalue weighted by Crippen LogP contribution is -2.44. The standard InChI is InChI=1S/C21H32O4/c1-2-3-4-8-16(22)10-11-18-19-14-15(7-5-6-9-21(24)25)17(19)12-13-20(18)23/h7,16-20,22-23H,2-6,8-9,12-14H2,1H3,(H,24,25)/t16?,17-,18-,19+,20-/m0/s1. The highest BCUT2D eigenvalue weighted by atomic mass is 16.4. The van der Waals surface area contributed by atoms with Gasteiger partial charge in [0.2, 0.25) is 0 Å². The Labute approximate surface area is 151 Å². The molecule has 3 N–H and O–H groups in total. The molecule has 4 nitrogen and oxygen atoms in total. The molecule has 2 fully saturated rings. The number of rotatable bonds is 8. The topological polar surface area (TPSA) is 77.8 Å². The fraction of sp³-hybridized carbons (Fsp3) is 0.762. The minimum absolute atomic E-state index is 0.0317. The van der Waals surface area contributed by atoms with Crippen molar-refractivity contribution in [1.82, 2.24) is 0 Å². The number of carboxylic acid groups (broad SMARTS) is 1. The van der Waals surface area contributed by atoms with E-state index in [0.29, 0.717) is 24.7 Å². The molecule has 2 aliphatic rings. The van der Waals surface area contributed by atoms with Gasteiger partial charge in [0.05, 0.1) is 12.0 Å². The number of carbonyl (C=O) groups is 1. The summed E-state index contributed by atoms with van der Waals surface area (Å²) in [5.41, 5.74) is 1.41. The predicted octanol–water partition coefficient (Wildman–Crippen LogP) is 3.52. The van der Waals surface area contributed by atoms with Crippen LogP contribution in [0.1, 0.15) is 71.1 Å². The molecule has 0 aromatic rings. The monoisotopic (exact) mass is 348 g/mol. The van der Waals surface area contributed by atoms with Crippen LogP contribution in [0, 0.1) is 29.6 Å². The fourth-order valence-corrected chi connectivity index (χ4v) is 4.10. The summed E-state index contributed by atoms with van der Waals surface area (Å²) >= 11 is 0. The van der Waals surface area contributed by atoms with Gasteiger partial charge in [0.1, 0.15) is 6.10 Å². The molecule has 140 valence electrons. The first-order valence-corrected chi connectivity index (χ1v) is 9.80. The van der Waals surface area contributed by atoms with Gasteiger partial charge in [-0.25, -0.2) is 0 Å². The Bertz CT molecular complexity index is 528. The Morgan fingerprint density at radius 2 is 2.12 bits per heavy atom. The summed E-state index contributed by atoms with van der Waals surface area (Å²) in [7, 11) is 0. The van der Waals surface area contributed by atoms with Crippen molar-refractivity contribution in [2.24, 2.45) is 17.8 Å². The third kappa shape index (κ3) is 5.87. The number of unbranched alkanes of at least 4 members (excludes halogenated alkanes) is 3. The lowest BCUT2D eigenvalue weighted by Gasteiger charge is -2.48. The van der Waals surface area contributed by atoms with Crippen molar-refractivity contribution in [3.63, 3.8) is 0 Å². The van der Waals surface area contributed by atoms with Crippen molar-refractivity contribution in [3.05, 3.63) is 11.6 Å². The zero-order valence-corrected chi connectivity index (χ0v) is 15.3. The second kappa shape index (κ2) is 9.99. The molecule has 0 heterocycles. The molecule has 2 rings (SSSR count). The van der Waals surface area contributed by atoms with Gasteiger partial charge in [0.25, 0.3) is 0 Å². The number of hydrogen-bond acceptors (Lipinski definition) is 3. The molecule has 0 bridgehead atoms. The summed E-state index contributed by atoms with van der Waals surface area (Å²) < 4.78 is 0. The smallest absolute Gasteiger partial charge is 0.303 e. The molecule has 1 unspecified atom stereocenters. The van der Waals surface area contributed by atoms with Gasteiger partial charge in [0.15, 0.2) is 0 Å². The van der Waals surface area contributed by atoms with Crippen molar-refractivity contribution >= 4 is 5.97 Å². The minimum Gasteiger partial charge on any atom is -0.481 e. The average Bonchev–Trinajstić information content (AvgIpc) is 2.54. The molecule has 0 spiro atoms. The van der Waals surface area contributed by atoms with Crippen LogP contribution >= 0.6 is 0 Å². The third-order valence-corrected chi connectivity index (χ3v) is 5.61. The SMILES string of the molecule is CCCCCC(O)C#C[C@H]1[C@@H]2CC(=CCCCC(=O)O)[C@@H]2CC[C@@H]1O. The first kappa shape index (κ1) is 20.0. The molecule has 4 heteroatoms. The Hall–Kier alpha value is -1.31. The van der Waals surface area contributed by atoms with Crippen LogP contribution in [0.25, 0.3) is 0 Å². The number of allylic oxidation sites excluding steroid dienone is 2. The Kier molecular flexibility index (Phi) is 7.99. The van der Waals surface area contributed by atoms with Gasteiger partial charge in [-0.2, -0.15) is 0 Å². The van der Waals surface area contributed by atoms with Crippen molar-refractivity contribution in [3.8, 4) is 11.8 Å². The van der Waals surface area contributed by atoms with Gasteiger partial charge in [-0.15, -0.1) is 0 Å². The Balaban J connectivity index is 1.85. The van der Waals surface area contributed by atoms with Gasteiger partial charge in [-0.3, -0.25) is 4.79 Å². The van der Waals surface area contributed by atoms with Crippen molar-refractivity contribution < 1.29 is 20.1 Å². The summed E-state index contributed by atoms with van der Waals surface area (Å²) in [6, 6.07) is 0. The fourth-order valence-electron chi connectivity index (χ4n) is 4.10. The zero-order valence-electron chi connectivity index (χ0n) is 15.3. The number of aliphatic hydroxyl groups is 2. The van der Waals surface area contributed by atoms with Crippen LogP contribution in [0.15, 0.2) is 11.6 Å². The maximum Gasteiger partial charge on any atom is 0.303 e. The van der Waals surface area contributed by atoms with E-state index < -0.39 is 12.1 Å². The maximum absolute atomic E-state index is 10.6. The molecule has 0 saturated heterocycles. The van der Waals surface area contributed by atoms with E-state index in [4.69, 9.17) is 5.11 Å². The summed E-state index contributed by atoms with van der Waals surface area (Å²) in [6.45, 7) is 2.14. The molecule has 0 aliphatic heterocycles. The van der Waals surface area contributed by atoms with Crippen LogP contribution in [0.3, 0.4) is 0 Å². The van der Waals surface area contributed by atoms with Crippen LogP contribution in [0.2, 0.25) is 0 Å². The number of aliphatic carboxylic acids is 1. The number of aliphatic hydroxyl groups excluding tert-OH is 2. The molecular formula is C21H32O4. The van der Waals surface area contributed by atoms with Gasteiger partial charge < -0.3 is 15.3 Å². The van der Waals surface area contributed by atoms with Gasteiger partial charge in [0, 0.05) is 6.42 Å². The predicted molar refractivity (Wildman–Crippen MR) is 97.8 cm³/mol. The molecule has 0 radical (unpaired) electrons. The molecule has 2 saturated carbocycles. The number of hydrogen-bond donors (Lipinski definition) is 3. The number of carboxylic acids is 1. The highest BCUT2D eigenvalue weighted by Crippen LogP contribution is 2.51. The molecule has 0 aromatic carbocycles. The summed E-state index contributed by atoms with van der Waals surface area (Å²) in [5, 5.41) is 29.0. The van der Waals surface area contributed by atoms with Crippen LogP contribution in [0.5, 0.6) is 0 Å². The molecule has 5 atom stereocenters. The quantitative estimate of drug-likeness (QED) is 0.356. The second-order valence-corrected chi connectivity index (χ2v) is 7.51. The highest BCUT2D eigenvalue weighted by molar-refractivity contribution is 5.66. The lowest BCUT2D eigenvalue weighted by molar-refractivity contribution is -0.137. The van der Waals surface area contributed by atoms with Gasteiger partial charge in [-0.1, -0.05) is 43.3 Å². The van der Waals surface area contributed by atoms with Crippen molar-refractivity contribution in [2.45, 2.75) is 83.3 Å². The largest absolute Gasteiger partial charge is 0.481 e. The summed E-state index contributed by atoms with van der Waals surface area (Å²) in [5.74, 6) is 6.26. The van der Waals surface area contributed by atoms with Gasteiger partial charge >= 0.3 is 5.97 Å². The minimum atomic E-state index is -0.737. The van der Waals surface area contributed by atoms with Crippen molar-refractivity contribution in [1.29, 1.82) is 0 Å². The third-order valence-electron chi connectivity index (χ3n) is 5.61. The lowest BCUT2D eigenvalue weighted by atomic mass is 9.57. The molecule has 2 aliphatic carbocycles. The van der Waals surface area contributed by atoms with Crippen LogP contribution < -0.4 is 0 Å². The van der Waals surface area contributed by atoms with E-state index >= 15 is 0 Å². The first-order chi connectivity index (χ1) is 12.0. The summed E-state index contributed by atoms with van der Waals surface area (Å²) in [6.07, 6.45) is 9.64. The average molecular weight is 348 g/mol. The van der Waals surface area contributed by atoms with Gasteiger partial charge in [-0.05, 0) is 56.8 Å². The van der Waals surface area contributed by atoms with Crippen molar-refractivity contribution in [2.75, 3.05) is 0 Å². The highest BCUT2D eigenvalue weighted by Gasteiger charge is 2.46. The van der Waals surface area contributed by atoms with Crippen LogP contribution in [-0.4, -0.2) is 33.5 Å². The van der Waals surface area contributed by atoms with E-state index in [9.17, 15) is 15.0 Å². The molecule has 25 heavy (non-hydrogen) atoms. The van der Waals surface area contributed by atoms with E-state index in [1.165, 1.54) is 5.57 Å². The zero-order chi connectivity index (χ0) is 18.2. The summed E-state index contributed by atoms with van der Waals surface area (Å²) in [4.78, 5) is 10.6. The van der Waals surface area contributed by atoms with Crippen LogP contribution in [-0.2, 0) is 4.79 Å². The van der Waals surface area contributed by atoms with Crippen LogP contribution in [0.4, 0.5) is 0 Å². The van der Waals surface area contributed by atoms with E-state index in [-0.39, 0.29) is 18.4 Å². The van der Waals surface area contributed by atoms with E-state index in [1.807, 2.05) is 0 Å². The molecular weight excluding hydrogens is 316 g/mol.